The molecule has 1 rings (SSSR count). The SMILES string of the molecule is CC(C)N(CCCO)c1ncc(CNC(C)(C)C)cn1. The minimum absolute atomic E-state index is 0.0871. The first-order valence-electron chi connectivity index (χ1n) is 7.27. The standard InChI is InChI=1S/C15H28N4O/c1-12(2)19(7-6-8-20)14-16-9-13(10-17-14)11-18-15(3,4)5/h9-10,12,18,20H,6-8,11H2,1-5H3. The van der Waals surface area contributed by atoms with Gasteiger partial charge < -0.3 is 15.3 Å². The molecule has 0 bridgehead atoms. The van der Waals surface area contributed by atoms with E-state index in [0.29, 0.717) is 6.04 Å². The molecule has 0 saturated carbocycles. The van der Waals surface area contributed by atoms with Crippen molar-refractivity contribution in [1.82, 2.24) is 15.3 Å². The van der Waals surface area contributed by atoms with Gasteiger partial charge in [0.25, 0.3) is 0 Å². The molecule has 1 aromatic rings. The summed E-state index contributed by atoms with van der Waals surface area (Å²) in [5, 5.41) is 12.4. The Morgan fingerprint density at radius 3 is 2.30 bits per heavy atom. The molecular weight excluding hydrogens is 252 g/mol. The zero-order valence-electron chi connectivity index (χ0n) is 13.3. The fourth-order valence-electron chi connectivity index (χ4n) is 1.78. The Labute approximate surface area is 122 Å². The summed E-state index contributed by atoms with van der Waals surface area (Å²) >= 11 is 0. The van der Waals surface area contributed by atoms with Crippen LogP contribution in [0, 0.1) is 0 Å². The van der Waals surface area contributed by atoms with Crippen LogP contribution >= 0.6 is 0 Å². The van der Waals surface area contributed by atoms with Gasteiger partial charge in [0, 0.05) is 49.2 Å². The number of aliphatic hydroxyl groups is 1. The van der Waals surface area contributed by atoms with E-state index in [1.54, 1.807) is 0 Å². The highest BCUT2D eigenvalue weighted by atomic mass is 16.3. The van der Waals surface area contributed by atoms with Crippen LogP contribution in [-0.2, 0) is 6.54 Å². The summed E-state index contributed by atoms with van der Waals surface area (Å²) in [6.45, 7) is 12.4. The maximum Gasteiger partial charge on any atom is 0.225 e. The lowest BCUT2D eigenvalue weighted by Gasteiger charge is -2.26. The van der Waals surface area contributed by atoms with Gasteiger partial charge in [-0.2, -0.15) is 0 Å². The van der Waals surface area contributed by atoms with E-state index >= 15 is 0 Å². The minimum Gasteiger partial charge on any atom is -0.396 e. The average Bonchev–Trinajstić information content (AvgIpc) is 2.37. The molecule has 0 amide bonds. The second-order valence-corrected chi connectivity index (χ2v) is 6.36. The second kappa shape index (κ2) is 7.55. The molecule has 5 nitrogen and oxygen atoms in total. The van der Waals surface area contributed by atoms with Gasteiger partial charge in [-0.25, -0.2) is 9.97 Å². The quantitative estimate of drug-likeness (QED) is 0.799. The van der Waals surface area contributed by atoms with Crippen LogP contribution in [0.4, 0.5) is 5.95 Å². The third kappa shape index (κ3) is 5.84. The first-order valence-corrected chi connectivity index (χ1v) is 7.27. The van der Waals surface area contributed by atoms with Crippen LogP contribution in [0.15, 0.2) is 12.4 Å². The number of hydrogen-bond acceptors (Lipinski definition) is 5. The van der Waals surface area contributed by atoms with Crippen LogP contribution in [0.1, 0.15) is 46.6 Å². The molecule has 0 atom stereocenters. The van der Waals surface area contributed by atoms with Gasteiger partial charge in [0.1, 0.15) is 0 Å². The molecule has 0 aliphatic carbocycles. The van der Waals surface area contributed by atoms with Gasteiger partial charge >= 0.3 is 0 Å². The third-order valence-electron chi connectivity index (χ3n) is 2.95. The molecule has 0 aliphatic heterocycles. The van der Waals surface area contributed by atoms with Crippen LogP contribution in [0.25, 0.3) is 0 Å². The number of hydrogen-bond donors (Lipinski definition) is 2. The molecule has 0 aromatic carbocycles. The van der Waals surface area contributed by atoms with Crippen molar-refractivity contribution < 1.29 is 5.11 Å². The maximum atomic E-state index is 8.96. The number of nitrogens with zero attached hydrogens (tertiary/aromatic N) is 3. The number of aromatic nitrogens is 2. The Bertz CT molecular complexity index is 384. The molecule has 20 heavy (non-hydrogen) atoms. The van der Waals surface area contributed by atoms with E-state index in [2.05, 4.69) is 54.8 Å². The van der Waals surface area contributed by atoms with Crippen molar-refractivity contribution in [3.05, 3.63) is 18.0 Å². The van der Waals surface area contributed by atoms with Crippen LogP contribution in [-0.4, -0.2) is 39.8 Å². The Balaban J connectivity index is 2.68. The summed E-state index contributed by atoms with van der Waals surface area (Å²) in [4.78, 5) is 11.0. The first-order chi connectivity index (χ1) is 9.33. The van der Waals surface area contributed by atoms with Crippen molar-refractivity contribution in [3.8, 4) is 0 Å². The predicted molar refractivity (Wildman–Crippen MR) is 82.8 cm³/mol. The van der Waals surface area contributed by atoms with Crippen molar-refractivity contribution in [2.45, 2.75) is 59.2 Å². The summed E-state index contributed by atoms with van der Waals surface area (Å²) in [6, 6.07) is 0.320. The second-order valence-electron chi connectivity index (χ2n) is 6.36. The lowest BCUT2D eigenvalue weighted by molar-refractivity contribution is 0.288. The van der Waals surface area contributed by atoms with E-state index in [4.69, 9.17) is 5.11 Å². The van der Waals surface area contributed by atoms with E-state index in [1.807, 2.05) is 12.4 Å². The van der Waals surface area contributed by atoms with Crippen LogP contribution in [0.3, 0.4) is 0 Å². The molecule has 0 radical (unpaired) electrons. The number of nitrogens with one attached hydrogen (secondary N) is 1. The molecule has 114 valence electrons. The fraction of sp³-hybridized carbons (Fsp3) is 0.733. The summed E-state index contributed by atoms with van der Waals surface area (Å²) in [5.74, 6) is 0.730. The van der Waals surface area contributed by atoms with Crippen molar-refractivity contribution in [2.75, 3.05) is 18.1 Å². The highest BCUT2D eigenvalue weighted by Gasteiger charge is 2.13. The van der Waals surface area contributed by atoms with E-state index in [0.717, 1.165) is 31.0 Å². The molecule has 0 fully saturated rings. The van der Waals surface area contributed by atoms with E-state index < -0.39 is 0 Å². The Morgan fingerprint density at radius 1 is 1.25 bits per heavy atom. The van der Waals surface area contributed by atoms with Gasteiger partial charge in [0.15, 0.2) is 0 Å². The van der Waals surface area contributed by atoms with Crippen LogP contribution in [0.5, 0.6) is 0 Å². The predicted octanol–water partition coefficient (Wildman–Crippen LogP) is 1.96. The van der Waals surface area contributed by atoms with Gasteiger partial charge in [0.2, 0.25) is 5.95 Å². The van der Waals surface area contributed by atoms with Crippen molar-refractivity contribution in [1.29, 1.82) is 0 Å². The molecule has 0 spiro atoms. The molecule has 0 unspecified atom stereocenters. The van der Waals surface area contributed by atoms with Gasteiger partial charge in [0.05, 0.1) is 0 Å². The van der Waals surface area contributed by atoms with Gasteiger partial charge in [-0.3, -0.25) is 0 Å². The Morgan fingerprint density at radius 2 is 1.85 bits per heavy atom. The lowest BCUT2D eigenvalue weighted by Crippen LogP contribution is -2.35. The zero-order valence-corrected chi connectivity index (χ0v) is 13.3. The van der Waals surface area contributed by atoms with Crippen molar-refractivity contribution in [3.63, 3.8) is 0 Å². The van der Waals surface area contributed by atoms with E-state index in [-0.39, 0.29) is 12.1 Å². The highest BCUT2D eigenvalue weighted by Crippen LogP contribution is 2.12. The third-order valence-corrected chi connectivity index (χ3v) is 2.95. The smallest absolute Gasteiger partial charge is 0.225 e. The largest absolute Gasteiger partial charge is 0.396 e. The molecule has 1 aromatic heterocycles. The summed E-state index contributed by atoms with van der Waals surface area (Å²) in [5.41, 5.74) is 1.17. The van der Waals surface area contributed by atoms with Crippen LogP contribution < -0.4 is 10.2 Å². The Hall–Kier alpha value is -1.20. The minimum atomic E-state index is 0.0871. The van der Waals surface area contributed by atoms with Crippen molar-refractivity contribution >= 4 is 5.95 Å². The molecule has 0 aliphatic rings. The molecule has 2 N–H and O–H groups in total. The lowest BCUT2D eigenvalue weighted by atomic mass is 10.1. The summed E-state index contributed by atoms with van der Waals surface area (Å²) < 4.78 is 0. The molecular formula is C15H28N4O. The Kier molecular flexibility index (Phi) is 6.36. The van der Waals surface area contributed by atoms with Gasteiger partial charge in [-0.15, -0.1) is 0 Å². The summed E-state index contributed by atoms with van der Waals surface area (Å²) in [6.07, 6.45) is 4.47. The van der Waals surface area contributed by atoms with E-state index in [9.17, 15) is 0 Å². The van der Waals surface area contributed by atoms with Gasteiger partial charge in [-0.1, -0.05) is 0 Å². The maximum absolute atomic E-state index is 8.96. The van der Waals surface area contributed by atoms with Crippen LogP contribution in [0.2, 0.25) is 0 Å². The monoisotopic (exact) mass is 280 g/mol. The zero-order chi connectivity index (χ0) is 15.2. The molecule has 0 saturated heterocycles. The number of rotatable bonds is 7. The average molecular weight is 280 g/mol. The molecule has 1 heterocycles. The van der Waals surface area contributed by atoms with Gasteiger partial charge in [-0.05, 0) is 41.0 Å². The normalized spacial score (nSPS) is 11.9. The fourth-order valence-corrected chi connectivity index (χ4v) is 1.78. The van der Waals surface area contributed by atoms with Crippen molar-refractivity contribution in [2.24, 2.45) is 0 Å². The number of aliphatic hydroxyl groups excluding tert-OH is 1. The topological polar surface area (TPSA) is 61.3 Å². The highest BCUT2D eigenvalue weighted by molar-refractivity contribution is 5.31. The molecule has 5 heteroatoms. The first kappa shape index (κ1) is 16.9. The van der Waals surface area contributed by atoms with E-state index in [1.165, 1.54) is 0 Å². The number of anilines is 1. The summed E-state index contributed by atoms with van der Waals surface area (Å²) in [7, 11) is 0.